The van der Waals surface area contributed by atoms with Crippen LogP contribution in [0.25, 0.3) is 0 Å². The minimum absolute atomic E-state index is 0.0460. The Morgan fingerprint density at radius 3 is 2.20 bits per heavy atom. The lowest BCUT2D eigenvalue weighted by atomic mass is 10.1. The molecule has 20 heavy (non-hydrogen) atoms. The Balaban J connectivity index is 2.58. The number of halogens is 3. The monoisotopic (exact) mass is 289 g/mol. The highest BCUT2D eigenvalue weighted by molar-refractivity contribution is 5.91. The van der Waals surface area contributed by atoms with Crippen molar-refractivity contribution in [3.05, 3.63) is 35.4 Å². The van der Waals surface area contributed by atoms with Crippen LogP contribution in [-0.2, 0) is 15.7 Å². The molecule has 0 saturated heterocycles. The molecule has 0 aliphatic carbocycles. The summed E-state index contributed by atoms with van der Waals surface area (Å²) >= 11 is 0. The molecule has 7 heteroatoms. The number of nitrogens with one attached hydrogen (secondary N) is 1. The number of hydrogen-bond donors (Lipinski definition) is 1. The summed E-state index contributed by atoms with van der Waals surface area (Å²) in [5.74, 6) is -1.32. The van der Waals surface area contributed by atoms with Crippen molar-refractivity contribution < 1.29 is 27.5 Å². The summed E-state index contributed by atoms with van der Waals surface area (Å²) < 4.78 is 41.7. The molecule has 0 heterocycles. The van der Waals surface area contributed by atoms with Gasteiger partial charge in [0.05, 0.1) is 11.1 Å². The average Bonchev–Trinajstić information content (AvgIpc) is 2.34. The number of carbonyl (C=O) groups excluding carboxylic acids is 2. The van der Waals surface area contributed by atoms with Crippen molar-refractivity contribution >= 4 is 11.9 Å². The molecule has 0 atom stereocenters. The molecular weight excluding hydrogens is 275 g/mol. The van der Waals surface area contributed by atoms with E-state index in [1.165, 1.54) is 0 Å². The first kappa shape index (κ1) is 16.0. The quantitative estimate of drug-likeness (QED) is 0.866. The Bertz CT molecular complexity index is 481. The van der Waals surface area contributed by atoms with E-state index in [2.05, 4.69) is 10.1 Å². The molecule has 1 N–H and O–H groups in total. The number of esters is 1. The standard InChI is InChI=1S/C13H14F3NO3/c1-8(2)17-11(18)7-20-12(19)9-3-5-10(6-4-9)13(14,15)16/h3-6,8H,7H2,1-2H3,(H,17,18). The maximum absolute atomic E-state index is 12.3. The largest absolute Gasteiger partial charge is 0.452 e. The lowest BCUT2D eigenvalue weighted by molar-refractivity contribution is -0.137. The van der Waals surface area contributed by atoms with Gasteiger partial charge in [-0.15, -0.1) is 0 Å². The molecule has 110 valence electrons. The van der Waals surface area contributed by atoms with Gasteiger partial charge in [-0.25, -0.2) is 4.79 Å². The number of ether oxygens (including phenoxy) is 1. The summed E-state index contributed by atoms with van der Waals surface area (Å²) in [5, 5.41) is 2.51. The van der Waals surface area contributed by atoms with Gasteiger partial charge in [0.25, 0.3) is 5.91 Å². The zero-order valence-electron chi connectivity index (χ0n) is 11.0. The molecule has 0 fully saturated rings. The van der Waals surface area contributed by atoms with Gasteiger partial charge < -0.3 is 10.1 Å². The van der Waals surface area contributed by atoms with E-state index in [1.807, 2.05) is 0 Å². The number of hydrogen-bond acceptors (Lipinski definition) is 3. The second-order valence-corrected chi connectivity index (χ2v) is 4.37. The van der Waals surface area contributed by atoms with E-state index in [4.69, 9.17) is 0 Å². The number of alkyl halides is 3. The zero-order valence-corrected chi connectivity index (χ0v) is 11.0. The van der Waals surface area contributed by atoms with Crippen molar-refractivity contribution in [3.8, 4) is 0 Å². The van der Waals surface area contributed by atoms with Crippen LogP contribution in [0.5, 0.6) is 0 Å². The van der Waals surface area contributed by atoms with Crippen molar-refractivity contribution in [2.45, 2.75) is 26.1 Å². The smallest absolute Gasteiger partial charge is 0.416 e. The van der Waals surface area contributed by atoms with E-state index in [-0.39, 0.29) is 11.6 Å². The molecule has 0 unspecified atom stereocenters. The van der Waals surface area contributed by atoms with Gasteiger partial charge in [0, 0.05) is 6.04 Å². The Kier molecular flexibility index (Phi) is 5.12. The fourth-order valence-electron chi connectivity index (χ4n) is 1.37. The first-order chi connectivity index (χ1) is 9.20. The Morgan fingerprint density at radius 2 is 1.75 bits per heavy atom. The summed E-state index contributed by atoms with van der Waals surface area (Å²) in [6, 6.07) is 3.49. The van der Waals surface area contributed by atoms with Gasteiger partial charge in [-0.3, -0.25) is 4.79 Å². The summed E-state index contributed by atoms with van der Waals surface area (Å²) in [6.07, 6.45) is -4.46. The van der Waals surface area contributed by atoms with Gasteiger partial charge in [0.2, 0.25) is 0 Å². The van der Waals surface area contributed by atoms with Crippen molar-refractivity contribution in [2.24, 2.45) is 0 Å². The highest BCUT2D eigenvalue weighted by Crippen LogP contribution is 2.29. The Hall–Kier alpha value is -2.05. The van der Waals surface area contributed by atoms with E-state index in [0.717, 1.165) is 24.3 Å². The van der Waals surface area contributed by atoms with Crippen LogP contribution in [-0.4, -0.2) is 24.5 Å². The number of carbonyl (C=O) groups is 2. The molecule has 1 amide bonds. The van der Waals surface area contributed by atoms with Crippen LogP contribution in [0.15, 0.2) is 24.3 Å². The van der Waals surface area contributed by atoms with Crippen LogP contribution >= 0.6 is 0 Å². The van der Waals surface area contributed by atoms with Gasteiger partial charge in [0.1, 0.15) is 0 Å². The topological polar surface area (TPSA) is 55.4 Å². The minimum atomic E-state index is -4.46. The third kappa shape index (κ3) is 4.91. The highest BCUT2D eigenvalue weighted by Gasteiger charge is 2.30. The molecule has 0 aliphatic rings. The average molecular weight is 289 g/mol. The molecule has 0 bridgehead atoms. The number of benzene rings is 1. The third-order valence-electron chi connectivity index (χ3n) is 2.23. The molecule has 0 radical (unpaired) electrons. The maximum atomic E-state index is 12.3. The highest BCUT2D eigenvalue weighted by atomic mass is 19.4. The molecule has 0 saturated carbocycles. The molecular formula is C13H14F3NO3. The predicted molar refractivity (Wildman–Crippen MR) is 65.0 cm³/mol. The third-order valence-corrected chi connectivity index (χ3v) is 2.23. The number of amides is 1. The molecule has 1 aromatic rings. The van der Waals surface area contributed by atoms with Gasteiger partial charge in [-0.2, -0.15) is 13.2 Å². The summed E-state index contributed by atoms with van der Waals surface area (Å²) in [4.78, 5) is 22.8. The molecule has 4 nitrogen and oxygen atoms in total. The predicted octanol–water partition coefficient (Wildman–Crippen LogP) is 2.39. The van der Waals surface area contributed by atoms with Gasteiger partial charge >= 0.3 is 12.1 Å². The Labute approximate surface area is 113 Å². The SMILES string of the molecule is CC(C)NC(=O)COC(=O)c1ccc(C(F)(F)F)cc1. The van der Waals surface area contributed by atoms with Crippen molar-refractivity contribution in [1.29, 1.82) is 0 Å². The first-order valence-corrected chi connectivity index (χ1v) is 5.84. The first-order valence-electron chi connectivity index (χ1n) is 5.84. The van der Waals surface area contributed by atoms with Crippen LogP contribution in [0.3, 0.4) is 0 Å². The van der Waals surface area contributed by atoms with Gasteiger partial charge in [0.15, 0.2) is 6.61 Å². The Morgan fingerprint density at radius 1 is 1.20 bits per heavy atom. The molecule has 0 spiro atoms. The van der Waals surface area contributed by atoms with Gasteiger partial charge in [-0.05, 0) is 38.1 Å². The van der Waals surface area contributed by atoms with E-state index in [0.29, 0.717) is 0 Å². The fourth-order valence-corrected chi connectivity index (χ4v) is 1.37. The van der Waals surface area contributed by atoms with Gasteiger partial charge in [-0.1, -0.05) is 0 Å². The van der Waals surface area contributed by atoms with E-state index < -0.39 is 30.2 Å². The van der Waals surface area contributed by atoms with Crippen LogP contribution < -0.4 is 5.32 Å². The maximum Gasteiger partial charge on any atom is 0.416 e. The summed E-state index contributed by atoms with van der Waals surface area (Å²) in [6.45, 7) is 3.02. The van der Waals surface area contributed by atoms with Crippen molar-refractivity contribution in [2.75, 3.05) is 6.61 Å². The lowest BCUT2D eigenvalue weighted by Gasteiger charge is -2.09. The second-order valence-electron chi connectivity index (χ2n) is 4.37. The lowest BCUT2D eigenvalue weighted by Crippen LogP contribution is -2.33. The van der Waals surface area contributed by atoms with Crippen LogP contribution in [0.1, 0.15) is 29.8 Å². The second kappa shape index (κ2) is 6.40. The van der Waals surface area contributed by atoms with E-state index >= 15 is 0 Å². The van der Waals surface area contributed by atoms with Crippen LogP contribution in [0, 0.1) is 0 Å². The zero-order chi connectivity index (χ0) is 15.3. The van der Waals surface area contributed by atoms with Crippen molar-refractivity contribution in [3.63, 3.8) is 0 Å². The molecule has 0 aliphatic heterocycles. The summed E-state index contributed by atoms with van der Waals surface area (Å²) in [5.41, 5.74) is -0.901. The minimum Gasteiger partial charge on any atom is -0.452 e. The summed E-state index contributed by atoms with van der Waals surface area (Å²) in [7, 11) is 0. The molecule has 0 aromatic heterocycles. The molecule has 1 aromatic carbocycles. The molecule has 1 rings (SSSR count). The van der Waals surface area contributed by atoms with Crippen LogP contribution in [0.2, 0.25) is 0 Å². The normalized spacial score (nSPS) is 11.3. The fraction of sp³-hybridized carbons (Fsp3) is 0.385. The number of rotatable bonds is 4. The van der Waals surface area contributed by atoms with E-state index in [9.17, 15) is 22.8 Å². The van der Waals surface area contributed by atoms with E-state index in [1.54, 1.807) is 13.8 Å². The van der Waals surface area contributed by atoms with Crippen LogP contribution in [0.4, 0.5) is 13.2 Å². The van der Waals surface area contributed by atoms with Crippen molar-refractivity contribution in [1.82, 2.24) is 5.32 Å².